The minimum absolute atomic E-state index is 0.00709. The molecule has 0 spiro atoms. The van der Waals surface area contributed by atoms with Crippen LogP contribution in [0.25, 0.3) is 5.69 Å². The molecule has 0 N–H and O–H groups in total. The van der Waals surface area contributed by atoms with Gasteiger partial charge in [-0.3, -0.25) is 4.79 Å². The summed E-state index contributed by atoms with van der Waals surface area (Å²) in [6.07, 6.45) is 5.31. The molecular weight excluding hydrogens is 439 g/mol. The lowest BCUT2D eigenvalue weighted by Gasteiger charge is -2.37. The number of benzene rings is 1. The lowest BCUT2D eigenvalue weighted by Crippen LogP contribution is -2.40. The molecule has 174 valence electrons. The molecule has 0 saturated carbocycles. The highest BCUT2D eigenvalue weighted by atomic mass is 35.5. The van der Waals surface area contributed by atoms with Crippen LogP contribution in [0.15, 0.2) is 42.7 Å². The maximum Gasteiger partial charge on any atom is 0.170 e. The Morgan fingerprint density at radius 1 is 1.15 bits per heavy atom. The topological polar surface area (TPSA) is 51.0 Å². The van der Waals surface area contributed by atoms with Crippen molar-refractivity contribution in [3.63, 3.8) is 0 Å². The molecule has 2 aromatic heterocycles. The van der Waals surface area contributed by atoms with Crippen molar-refractivity contribution in [1.82, 2.24) is 14.8 Å². The van der Waals surface area contributed by atoms with Gasteiger partial charge in [0.05, 0.1) is 23.1 Å². The second-order valence-corrected chi connectivity index (χ2v) is 9.88. The van der Waals surface area contributed by atoms with Gasteiger partial charge in [0.25, 0.3) is 0 Å². The molecule has 1 fully saturated rings. The van der Waals surface area contributed by atoms with Crippen LogP contribution in [-0.2, 0) is 6.42 Å². The molecule has 0 atom stereocenters. The normalized spacial score (nSPS) is 15.2. The first-order valence-corrected chi connectivity index (χ1v) is 11.7. The van der Waals surface area contributed by atoms with Crippen LogP contribution in [0.4, 0.5) is 10.2 Å². The molecule has 33 heavy (non-hydrogen) atoms. The predicted molar refractivity (Wildman–Crippen MR) is 130 cm³/mol. The first kappa shape index (κ1) is 23.4. The highest BCUT2D eigenvalue weighted by Gasteiger charge is 2.33. The molecule has 0 bridgehead atoms. The number of hydrogen-bond donors (Lipinski definition) is 0. The van der Waals surface area contributed by atoms with E-state index in [0.29, 0.717) is 10.6 Å². The van der Waals surface area contributed by atoms with E-state index in [0.717, 1.165) is 54.3 Å². The second kappa shape index (κ2) is 9.26. The molecule has 0 radical (unpaired) electrons. The number of Topliss-reactive ketones (excluding diaryl/α,β-unsaturated/α-hetero) is 1. The molecule has 0 aliphatic carbocycles. The Labute approximate surface area is 199 Å². The number of aromatic nitrogens is 3. The quantitative estimate of drug-likeness (QED) is 0.421. The van der Waals surface area contributed by atoms with E-state index in [2.05, 4.69) is 15.0 Å². The minimum Gasteiger partial charge on any atom is -0.356 e. The van der Waals surface area contributed by atoms with Crippen LogP contribution in [0.2, 0.25) is 5.02 Å². The zero-order valence-electron chi connectivity index (χ0n) is 19.6. The summed E-state index contributed by atoms with van der Waals surface area (Å²) in [4.78, 5) is 19.9. The maximum atomic E-state index is 14.3. The molecule has 3 aromatic rings. The Bertz CT molecular complexity index is 1140. The van der Waals surface area contributed by atoms with Gasteiger partial charge in [0.15, 0.2) is 5.78 Å². The number of pyridine rings is 1. The van der Waals surface area contributed by atoms with Gasteiger partial charge in [-0.2, -0.15) is 5.10 Å². The van der Waals surface area contributed by atoms with Crippen molar-refractivity contribution in [2.24, 2.45) is 5.92 Å². The smallest absolute Gasteiger partial charge is 0.170 e. The van der Waals surface area contributed by atoms with Gasteiger partial charge in [0.1, 0.15) is 11.5 Å². The third-order valence-electron chi connectivity index (χ3n) is 6.62. The molecule has 1 aliphatic rings. The van der Waals surface area contributed by atoms with E-state index in [-0.39, 0.29) is 18.1 Å². The molecule has 3 heterocycles. The Morgan fingerprint density at radius 2 is 1.82 bits per heavy atom. The van der Waals surface area contributed by atoms with Crippen molar-refractivity contribution in [3.8, 4) is 5.69 Å². The standard InChI is InChI=1S/C26H30ClFN4O/c1-17-13-19(15-29-25(17)31-11-9-20(10-12-31)26(3,4)28)14-24(33)23-16-30-32(18(23)2)22-7-5-21(27)6-8-22/h5-8,13,15-16,20H,9-12,14H2,1-4H3. The summed E-state index contributed by atoms with van der Waals surface area (Å²) in [5.41, 5.74) is 3.02. The number of aryl methyl sites for hydroxylation is 1. The lowest BCUT2D eigenvalue weighted by atomic mass is 9.84. The van der Waals surface area contributed by atoms with E-state index >= 15 is 0 Å². The van der Waals surface area contributed by atoms with Gasteiger partial charge in [-0.1, -0.05) is 17.7 Å². The molecule has 1 saturated heterocycles. The number of halogens is 2. The summed E-state index contributed by atoms with van der Waals surface area (Å²) < 4.78 is 16.0. The summed E-state index contributed by atoms with van der Waals surface area (Å²) in [6, 6.07) is 9.39. The van der Waals surface area contributed by atoms with E-state index < -0.39 is 5.67 Å². The van der Waals surface area contributed by atoms with Gasteiger partial charge in [0, 0.05) is 30.7 Å². The molecule has 0 unspecified atom stereocenters. The molecule has 1 aromatic carbocycles. The van der Waals surface area contributed by atoms with Gasteiger partial charge in [0.2, 0.25) is 0 Å². The lowest BCUT2D eigenvalue weighted by molar-refractivity contribution is 0.0992. The number of carbonyl (C=O) groups excluding carboxylic acids is 1. The summed E-state index contributed by atoms with van der Waals surface area (Å²) in [6.45, 7) is 8.85. The highest BCUT2D eigenvalue weighted by Crippen LogP contribution is 2.33. The zero-order chi connectivity index (χ0) is 23.8. The number of piperidine rings is 1. The minimum atomic E-state index is -1.14. The summed E-state index contributed by atoms with van der Waals surface area (Å²) in [5, 5.41) is 5.05. The van der Waals surface area contributed by atoms with Gasteiger partial charge in [-0.25, -0.2) is 14.1 Å². The first-order valence-electron chi connectivity index (χ1n) is 11.4. The Kier molecular flexibility index (Phi) is 6.57. The van der Waals surface area contributed by atoms with Crippen molar-refractivity contribution < 1.29 is 9.18 Å². The summed E-state index contributed by atoms with van der Waals surface area (Å²) in [5.74, 6) is 1.02. The first-order chi connectivity index (χ1) is 15.6. The van der Waals surface area contributed by atoms with Crippen LogP contribution < -0.4 is 4.90 Å². The van der Waals surface area contributed by atoms with Crippen molar-refractivity contribution >= 4 is 23.2 Å². The molecule has 5 nitrogen and oxygen atoms in total. The van der Waals surface area contributed by atoms with Crippen molar-refractivity contribution in [3.05, 3.63) is 70.1 Å². The summed E-state index contributed by atoms with van der Waals surface area (Å²) in [7, 11) is 0. The second-order valence-electron chi connectivity index (χ2n) is 9.44. The third kappa shape index (κ3) is 5.11. The van der Waals surface area contributed by atoms with Crippen LogP contribution >= 0.6 is 11.6 Å². The largest absolute Gasteiger partial charge is 0.356 e. The number of anilines is 1. The van der Waals surface area contributed by atoms with Gasteiger partial charge in [-0.05, 0) is 81.8 Å². The molecule has 4 rings (SSSR count). The Balaban J connectivity index is 1.44. The number of alkyl halides is 1. The number of carbonyl (C=O) groups is 1. The molecule has 1 aliphatic heterocycles. The average molecular weight is 469 g/mol. The van der Waals surface area contributed by atoms with Crippen LogP contribution in [0.5, 0.6) is 0 Å². The molecular formula is C26H30ClFN4O. The Morgan fingerprint density at radius 3 is 2.42 bits per heavy atom. The van der Waals surface area contributed by atoms with Crippen LogP contribution in [0.1, 0.15) is 53.9 Å². The van der Waals surface area contributed by atoms with Crippen molar-refractivity contribution in [2.75, 3.05) is 18.0 Å². The fraction of sp³-hybridized carbons (Fsp3) is 0.423. The van der Waals surface area contributed by atoms with Gasteiger partial charge >= 0.3 is 0 Å². The highest BCUT2D eigenvalue weighted by molar-refractivity contribution is 6.30. The van der Waals surface area contributed by atoms with Crippen molar-refractivity contribution in [2.45, 2.75) is 52.6 Å². The van der Waals surface area contributed by atoms with E-state index in [1.165, 1.54) is 0 Å². The molecule has 7 heteroatoms. The van der Waals surface area contributed by atoms with E-state index in [1.54, 1.807) is 43.1 Å². The number of hydrogen-bond acceptors (Lipinski definition) is 4. The molecule has 0 amide bonds. The van der Waals surface area contributed by atoms with Gasteiger partial charge < -0.3 is 4.90 Å². The predicted octanol–water partition coefficient (Wildman–Crippen LogP) is 5.93. The van der Waals surface area contributed by atoms with Crippen LogP contribution in [-0.4, -0.2) is 39.3 Å². The van der Waals surface area contributed by atoms with Crippen LogP contribution in [0.3, 0.4) is 0 Å². The average Bonchev–Trinajstić information content (AvgIpc) is 3.15. The number of rotatable bonds is 6. The number of nitrogens with zero attached hydrogens (tertiary/aromatic N) is 4. The SMILES string of the molecule is Cc1cc(CC(=O)c2cnn(-c3ccc(Cl)cc3)c2C)cnc1N1CCC(C(C)(C)F)CC1. The number of ketones is 1. The van der Waals surface area contributed by atoms with E-state index in [1.807, 2.05) is 32.0 Å². The summed E-state index contributed by atoms with van der Waals surface area (Å²) >= 11 is 5.97. The Hall–Kier alpha value is -2.73. The monoisotopic (exact) mass is 468 g/mol. The van der Waals surface area contributed by atoms with E-state index in [9.17, 15) is 9.18 Å². The fourth-order valence-electron chi connectivity index (χ4n) is 4.64. The zero-order valence-corrected chi connectivity index (χ0v) is 20.4. The maximum absolute atomic E-state index is 14.3. The third-order valence-corrected chi connectivity index (χ3v) is 6.87. The van der Waals surface area contributed by atoms with Gasteiger partial charge in [-0.15, -0.1) is 0 Å². The van der Waals surface area contributed by atoms with E-state index in [4.69, 9.17) is 11.6 Å². The van der Waals surface area contributed by atoms with Crippen molar-refractivity contribution in [1.29, 1.82) is 0 Å². The van der Waals surface area contributed by atoms with Crippen LogP contribution in [0, 0.1) is 19.8 Å². The fourth-order valence-corrected chi connectivity index (χ4v) is 4.76.